The second-order valence-electron chi connectivity index (χ2n) is 7.24. The minimum Gasteiger partial charge on any atom is -0.424 e. The van der Waals surface area contributed by atoms with E-state index < -0.39 is 0 Å². The fourth-order valence-electron chi connectivity index (χ4n) is 3.33. The summed E-state index contributed by atoms with van der Waals surface area (Å²) in [7, 11) is 0. The minimum atomic E-state index is 0.192. The van der Waals surface area contributed by atoms with Crippen LogP contribution in [0.5, 0.6) is 0 Å². The van der Waals surface area contributed by atoms with Crippen molar-refractivity contribution in [2.24, 2.45) is 0 Å². The van der Waals surface area contributed by atoms with Gasteiger partial charge in [-0.1, -0.05) is 51.1 Å². The Balaban J connectivity index is 1.69. The highest BCUT2D eigenvalue weighted by Gasteiger charge is 2.29. The standard InChI is InChI=1S/C20H28N4O2/c1-4-17-13-23(14-18-21-22-20(26-18)15(2)3)11-10-19(25)24(17)12-16-8-6-5-7-9-16/h5-9,15,17H,4,10-14H2,1-3H3/t17-/m1/s1. The molecule has 1 atom stereocenters. The number of aromatic nitrogens is 2. The summed E-state index contributed by atoms with van der Waals surface area (Å²) in [5, 5.41) is 8.27. The first-order valence-electron chi connectivity index (χ1n) is 9.44. The summed E-state index contributed by atoms with van der Waals surface area (Å²) in [6, 6.07) is 10.4. The molecule has 2 aromatic rings. The van der Waals surface area contributed by atoms with E-state index in [1.54, 1.807) is 0 Å². The molecule has 6 heteroatoms. The first kappa shape index (κ1) is 18.6. The third-order valence-electron chi connectivity index (χ3n) is 4.87. The van der Waals surface area contributed by atoms with Gasteiger partial charge in [-0.15, -0.1) is 10.2 Å². The molecule has 3 rings (SSSR count). The van der Waals surface area contributed by atoms with Crippen molar-refractivity contribution in [3.63, 3.8) is 0 Å². The van der Waals surface area contributed by atoms with Crippen LogP contribution in [0.4, 0.5) is 0 Å². The van der Waals surface area contributed by atoms with E-state index in [1.807, 2.05) is 36.9 Å². The summed E-state index contributed by atoms with van der Waals surface area (Å²) in [4.78, 5) is 17.0. The predicted molar refractivity (Wildman–Crippen MR) is 99.4 cm³/mol. The lowest BCUT2D eigenvalue weighted by Crippen LogP contribution is -2.42. The van der Waals surface area contributed by atoms with E-state index in [9.17, 15) is 4.79 Å². The van der Waals surface area contributed by atoms with Crippen LogP contribution in [0.1, 0.15) is 56.9 Å². The number of nitrogens with zero attached hydrogens (tertiary/aromatic N) is 4. The Bertz CT molecular complexity index is 714. The van der Waals surface area contributed by atoms with Gasteiger partial charge in [-0.25, -0.2) is 0 Å². The fraction of sp³-hybridized carbons (Fsp3) is 0.550. The van der Waals surface area contributed by atoms with Crippen LogP contribution in [0.2, 0.25) is 0 Å². The SMILES string of the molecule is CC[C@@H]1CN(Cc2nnc(C(C)C)o2)CCC(=O)N1Cc1ccccc1. The zero-order valence-corrected chi connectivity index (χ0v) is 15.9. The van der Waals surface area contributed by atoms with Gasteiger partial charge in [0.25, 0.3) is 0 Å². The highest BCUT2D eigenvalue weighted by atomic mass is 16.4. The largest absolute Gasteiger partial charge is 0.424 e. The molecule has 1 aromatic heterocycles. The van der Waals surface area contributed by atoms with Gasteiger partial charge in [0.05, 0.1) is 6.54 Å². The lowest BCUT2D eigenvalue weighted by atomic mass is 10.1. The van der Waals surface area contributed by atoms with Crippen molar-refractivity contribution < 1.29 is 9.21 Å². The molecule has 1 aliphatic rings. The molecule has 0 N–H and O–H groups in total. The van der Waals surface area contributed by atoms with Crippen LogP contribution in [0.25, 0.3) is 0 Å². The van der Waals surface area contributed by atoms with Gasteiger partial charge in [-0.2, -0.15) is 0 Å². The van der Waals surface area contributed by atoms with Gasteiger partial charge in [0.1, 0.15) is 0 Å². The molecule has 0 spiro atoms. The lowest BCUT2D eigenvalue weighted by molar-refractivity contribution is -0.133. The average molecular weight is 356 g/mol. The van der Waals surface area contributed by atoms with Crippen molar-refractivity contribution in [2.75, 3.05) is 13.1 Å². The molecule has 140 valence electrons. The minimum absolute atomic E-state index is 0.192. The van der Waals surface area contributed by atoms with E-state index in [1.165, 1.54) is 5.56 Å². The molecule has 2 heterocycles. The van der Waals surface area contributed by atoms with Crippen molar-refractivity contribution in [1.82, 2.24) is 20.0 Å². The van der Waals surface area contributed by atoms with Crippen LogP contribution in [-0.4, -0.2) is 45.0 Å². The van der Waals surface area contributed by atoms with E-state index in [0.717, 1.165) is 19.5 Å². The number of benzene rings is 1. The molecule has 0 radical (unpaired) electrons. The first-order valence-corrected chi connectivity index (χ1v) is 9.44. The van der Waals surface area contributed by atoms with Crippen LogP contribution in [-0.2, 0) is 17.9 Å². The maximum atomic E-state index is 12.7. The van der Waals surface area contributed by atoms with Gasteiger partial charge in [0.15, 0.2) is 0 Å². The summed E-state index contributed by atoms with van der Waals surface area (Å²) in [6.07, 6.45) is 1.45. The zero-order valence-electron chi connectivity index (χ0n) is 15.9. The Morgan fingerprint density at radius 2 is 1.96 bits per heavy atom. The number of hydrogen-bond donors (Lipinski definition) is 0. The molecule has 0 aliphatic carbocycles. The maximum Gasteiger partial charge on any atom is 0.230 e. The van der Waals surface area contributed by atoms with Gasteiger partial charge in [-0.05, 0) is 12.0 Å². The number of amides is 1. The van der Waals surface area contributed by atoms with E-state index >= 15 is 0 Å². The molecule has 0 saturated carbocycles. The Morgan fingerprint density at radius 3 is 2.62 bits per heavy atom. The molecular weight excluding hydrogens is 328 g/mol. The summed E-state index contributed by atoms with van der Waals surface area (Å²) in [6.45, 7) is 9.04. The van der Waals surface area contributed by atoms with E-state index in [2.05, 4.69) is 34.2 Å². The fourth-order valence-corrected chi connectivity index (χ4v) is 3.33. The highest BCUT2D eigenvalue weighted by molar-refractivity contribution is 5.77. The van der Waals surface area contributed by atoms with E-state index in [0.29, 0.717) is 31.3 Å². The van der Waals surface area contributed by atoms with Crippen molar-refractivity contribution in [3.05, 3.63) is 47.7 Å². The van der Waals surface area contributed by atoms with Gasteiger partial charge < -0.3 is 9.32 Å². The third-order valence-corrected chi connectivity index (χ3v) is 4.87. The topological polar surface area (TPSA) is 62.5 Å². The number of carbonyl (C=O) groups is 1. The maximum absolute atomic E-state index is 12.7. The van der Waals surface area contributed by atoms with Crippen LogP contribution < -0.4 is 0 Å². The molecular formula is C20H28N4O2. The van der Waals surface area contributed by atoms with Gasteiger partial charge >= 0.3 is 0 Å². The molecule has 1 aliphatic heterocycles. The smallest absolute Gasteiger partial charge is 0.230 e. The predicted octanol–water partition coefficient (Wildman–Crippen LogP) is 3.21. The van der Waals surface area contributed by atoms with Gasteiger partial charge in [-0.3, -0.25) is 9.69 Å². The van der Waals surface area contributed by atoms with Crippen molar-refractivity contribution in [1.29, 1.82) is 0 Å². The van der Waals surface area contributed by atoms with Crippen LogP contribution in [0.15, 0.2) is 34.7 Å². The molecule has 0 unspecified atom stereocenters. The Hall–Kier alpha value is -2.21. The summed E-state index contributed by atoms with van der Waals surface area (Å²) in [5.74, 6) is 1.75. The second kappa shape index (κ2) is 8.45. The van der Waals surface area contributed by atoms with Crippen molar-refractivity contribution >= 4 is 5.91 Å². The molecule has 1 fully saturated rings. The molecule has 1 saturated heterocycles. The van der Waals surface area contributed by atoms with Crippen LogP contribution in [0.3, 0.4) is 0 Å². The number of carbonyl (C=O) groups excluding carboxylic acids is 1. The monoisotopic (exact) mass is 356 g/mol. The molecule has 1 aromatic carbocycles. The molecule has 26 heavy (non-hydrogen) atoms. The van der Waals surface area contributed by atoms with Crippen molar-refractivity contribution in [2.45, 2.75) is 58.7 Å². The average Bonchev–Trinajstić information content (AvgIpc) is 3.06. The zero-order chi connectivity index (χ0) is 18.5. The summed E-state index contributed by atoms with van der Waals surface area (Å²) < 4.78 is 5.74. The Labute approximate surface area is 155 Å². The molecule has 6 nitrogen and oxygen atoms in total. The van der Waals surface area contributed by atoms with Crippen LogP contribution in [0, 0.1) is 0 Å². The van der Waals surface area contributed by atoms with Gasteiger partial charge in [0.2, 0.25) is 17.7 Å². The van der Waals surface area contributed by atoms with Gasteiger partial charge in [0, 0.05) is 38.0 Å². The summed E-state index contributed by atoms with van der Waals surface area (Å²) >= 11 is 0. The van der Waals surface area contributed by atoms with Crippen LogP contribution >= 0.6 is 0 Å². The molecule has 1 amide bonds. The third kappa shape index (κ3) is 4.49. The number of rotatable bonds is 6. The lowest BCUT2D eigenvalue weighted by Gasteiger charge is -2.31. The quantitative estimate of drug-likeness (QED) is 0.795. The Kier molecular flexibility index (Phi) is 6.04. The van der Waals surface area contributed by atoms with E-state index in [-0.39, 0.29) is 17.9 Å². The van der Waals surface area contributed by atoms with E-state index in [4.69, 9.17) is 4.42 Å². The Morgan fingerprint density at radius 1 is 1.19 bits per heavy atom. The first-order chi connectivity index (χ1) is 12.6. The summed E-state index contributed by atoms with van der Waals surface area (Å²) in [5.41, 5.74) is 1.17. The highest BCUT2D eigenvalue weighted by Crippen LogP contribution is 2.20. The van der Waals surface area contributed by atoms with Crippen molar-refractivity contribution in [3.8, 4) is 0 Å². The normalized spacial score (nSPS) is 19.2. The number of hydrogen-bond acceptors (Lipinski definition) is 5. The second-order valence-corrected chi connectivity index (χ2v) is 7.24. The molecule has 0 bridgehead atoms.